The number of hydrogen-bond acceptors (Lipinski definition) is 4. The lowest BCUT2D eigenvalue weighted by atomic mass is 10.2. The molecule has 23 heavy (non-hydrogen) atoms. The predicted octanol–water partition coefficient (Wildman–Crippen LogP) is 2.45. The lowest BCUT2D eigenvalue weighted by molar-refractivity contribution is 0.0945. The van der Waals surface area contributed by atoms with Gasteiger partial charge in [-0.3, -0.25) is 4.79 Å². The Labute approximate surface area is 134 Å². The van der Waals surface area contributed by atoms with Crippen LogP contribution in [-0.2, 0) is 6.54 Å². The maximum Gasteiger partial charge on any atom is 0.270 e. The Hall–Kier alpha value is -2.50. The summed E-state index contributed by atoms with van der Waals surface area (Å²) < 4.78 is 13.6. The van der Waals surface area contributed by atoms with E-state index < -0.39 is 0 Å². The Morgan fingerprint density at radius 2 is 2.00 bits per heavy atom. The van der Waals surface area contributed by atoms with E-state index in [1.807, 2.05) is 0 Å². The normalized spacial score (nSPS) is 14.1. The first-order valence-electron chi connectivity index (χ1n) is 7.76. The number of nitrogens with one attached hydrogen (secondary N) is 1. The standard InChI is InChI=1S/C17H19FN4O/c1-12-20-15(10-16(21-12)22-8-4-5-9-22)17(23)19-11-13-6-2-3-7-14(13)18/h2-3,6-7,10H,4-5,8-9,11H2,1H3,(H,19,23). The van der Waals surface area contributed by atoms with E-state index in [9.17, 15) is 9.18 Å². The first-order valence-corrected chi connectivity index (χ1v) is 7.76. The molecule has 1 aliphatic rings. The topological polar surface area (TPSA) is 58.1 Å². The van der Waals surface area contributed by atoms with Gasteiger partial charge in [0, 0.05) is 31.3 Å². The van der Waals surface area contributed by atoms with Gasteiger partial charge in [0.2, 0.25) is 0 Å². The van der Waals surface area contributed by atoms with E-state index in [1.54, 1.807) is 31.2 Å². The molecule has 1 aliphatic heterocycles. The number of aromatic nitrogens is 2. The SMILES string of the molecule is Cc1nc(C(=O)NCc2ccccc2F)cc(N2CCCC2)n1. The summed E-state index contributed by atoms with van der Waals surface area (Å²) in [6.45, 7) is 3.81. The molecule has 0 unspecified atom stereocenters. The molecule has 1 fully saturated rings. The molecule has 0 radical (unpaired) electrons. The highest BCUT2D eigenvalue weighted by atomic mass is 19.1. The summed E-state index contributed by atoms with van der Waals surface area (Å²) in [6.07, 6.45) is 2.27. The van der Waals surface area contributed by atoms with Crippen LogP contribution in [0.4, 0.5) is 10.2 Å². The highest BCUT2D eigenvalue weighted by Gasteiger charge is 2.17. The molecule has 2 heterocycles. The number of benzene rings is 1. The Morgan fingerprint density at radius 1 is 1.26 bits per heavy atom. The van der Waals surface area contributed by atoms with Crippen LogP contribution in [-0.4, -0.2) is 29.0 Å². The molecule has 1 N–H and O–H groups in total. The van der Waals surface area contributed by atoms with Crippen LogP contribution in [0.2, 0.25) is 0 Å². The quantitative estimate of drug-likeness (QED) is 0.942. The summed E-state index contributed by atoms with van der Waals surface area (Å²) in [5.41, 5.74) is 0.766. The molecule has 0 saturated carbocycles. The molecule has 6 heteroatoms. The highest BCUT2D eigenvalue weighted by Crippen LogP contribution is 2.18. The summed E-state index contributed by atoms with van der Waals surface area (Å²) in [5.74, 6) is 0.695. The van der Waals surface area contributed by atoms with Gasteiger partial charge in [0.25, 0.3) is 5.91 Å². The Bertz CT molecular complexity index is 713. The number of halogens is 1. The lowest BCUT2D eigenvalue weighted by Gasteiger charge is -2.17. The highest BCUT2D eigenvalue weighted by molar-refractivity contribution is 5.92. The van der Waals surface area contributed by atoms with Gasteiger partial charge in [-0.1, -0.05) is 18.2 Å². The first kappa shape index (κ1) is 15.4. The summed E-state index contributed by atoms with van der Waals surface area (Å²) in [5, 5.41) is 2.71. The zero-order valence-corrected chi connectivity index (χ0v) is 13.1. The fraction of sp³-hybridized carbons (Fsp3) is 0.353. The van der Waals surface area contributed by atoms with Crippen molar-refractivity contribution in [1.82, 2.24) is 15.3 Å². The second-order valence-corrected chi connectivity index (χ2v) is 5.63. The van der Waals surface area contributed by atoms with E-state index in [-0.39, 0.29) is 18.3 Å². The molecular formula is C17H19FN4O. The summed E-state index contributed by atoms with van der Waals surface area (Å²) in [7, 11) is 0. The van der Waals surface area contributed by atoms with Gasteiger partial charge in [-0.2, -0.15) is 0 Å². The third-order valence-corrected chi connectivity index (χ3v) is 3.88. The van der Waals surface area contributed by atoms with E-state index in [4.69, 9.17) is 0 Å². The molecule has 0 aliphatic carbocycles. The van der Waals surface area contributed by atoms with Crippen molar-refractivity contribution in [3.63, 3.8) is 0 Å². The number of carbonyl (C=O) groups is 1. The van der Waals surface area contributed by atoms with Crippen LogP contribution in [0.5, 0.6) is 0 Å². The van der Waals surface area contributed by atoms with Gasteiger partial charge >= 0.3 is 0 Å². The van der Waals surface area contributed by atoms with Crippen LogP contribution in [0.3, 0.4) is 0 Å². The van der Waals surface area contributed by atoms with E-state index in [2.05, 4.69) is 20.2 Å². The summed E-state index contributed by atoms with van der Waals surface area (Å²) >= 11 is 0. The number of aryl methyl sites for hydroxylation is 1. The molecule has 5 nitrogen and oxygen atoms in total. The molecule has 2 aromatic rings. The van der Waals surface area contributed by atoms with Gasteiger partial charge in [0.1, 0.15) is 23.2 Å². The lowest BCUT2D eigenvalue weighted by Crippen LogP contribution is -2.26. The van der Waals surface area contributed by atoms with Crippen LogP contribution in [0.15, 0.2) is 30.3 Å². The molecule has 1 amide bonds. The molecule has 120 valence electrons. The minimum atomic E-state index is -0.329. The smallest absolute Gasteiger partial charge is 0.270 e. The van der Waals surface area contributed by atoms with E-state index in [0.29, 0.717) is 17.1 Å². The Balaban J connectivity index is 1.73. The molecule has 1 aromatic carbocycles. The van der Waals surface area contributed by atoms with Crippen LogP contribution in [0, 0.1) is 12.7 Å². The van der Waals surface area contributed by atoms with E-state index in [0.717, 1.165) is 31.7 Å². The molecule has 0 spiro atoms. The van der Waals surface area contributed by atoms with Crippen LogP contribution in [0.25, 0.3) is 0 Å². The average molecular weight is 314 g/mol. The zero-order chi connectivity index (χ0) is 16.2. The second kappa shape index (κ2) is 6.73. The minimum absolute atomic E-state index is 0.133. The monoisotopic (exact) mass is 314 g/mol. The van der Waals surface area contributed by atoms with Gasteiger partial charge < -0.3 is 10.2 Å². The molecule has 0 atom stereocenters. The van der Waals surface area contributed by atoms with Crippen molar-refractivity contribution < 1.29 is 9.18 Å². The number of nitrogens with zero attached hydrogens (tertiary/aromatic N) is 3. The maximum absolute atomic E-state index is 13.6. The summed E-state index contributed by atoms with van der Waals surface area (Å²) in [6, 6.07) is 8.09. The van der Waals surface area contributed by atoms with Gasteiger partial charge in [-0.15, -0.1) is 0 Å². The predicted molar refractivity (Wildman–Crippen MR) is 85.8 cm³/mol. The number of rotatable bonds is 4. The third kappa shape index (κ3) is 3.64. The van der Waals surface area contributed by atoms with Gasteiger partial charge in [0.15, 0.2) is 0 Å². The van der Waals surface area contributed by atoms with Crippen LogP contribution >= 0.6 is 0 Å². The van der Waals surface area contributed by atoms with Crippen molar-refractivity contribution in [2.24, 2.45) is 0 Å². The summed E-state index contributed by atoms with van der Waals surface area (Å²) in [4.78, 5) is 23.1. The number of carbonyl (C=O) groups excluding carboxylic acids is 1. The fourth-order valence-electron chi connectivity index (χ4n) is 2.68. The number of hydrogen-bond donors (Lipinski definition) is 1. The average Bonchev–Trinajstić information content (AvgIpc) is 3.08. The van der Waals surface area contributed by atoms with Crippen molar-refractivity contribution in [2.75, 3.05) is 18.0 Å². The largest absolute Gasteiger partial charge is 0.356 e. The van der Waals surface area contributed by atoms with E-state index in [1.165, 1.54) is 6.07 Å². The molecule has 3 rings (SSSR count). The number of anilines is 1. The molecule has 1 aromatic heterocycles. The van der Waals surface area contributed by atoms with Gasteiger partial charge in [0.05, 0.1) is 0 Å². The van der Waals surface area contributed by atoms with Crippen molar-refractivity contribution in [2.45, 2.75) is 26.3 Å². The zero-order valence-electron chi connectivity index (χ0n) is 13.1. The van der Waals surface area contributed by atoms with Gasteiger partial charge in [-0.25, -0.2) is 14.4 Å². The Kier molecular flexibility index (Phi) is 4.50. The van der Waals surface area contributed by atoms with Crippen LogP contribution < -0.4 is 10.2 Å². The fourth-order valence-corrected chi connectivity index (χ4v) is 2.68. The van der Waals surface area contributed by atoms with Gasteiger partial charge in [-0.05, 0) is 25.8 Å². The Morgan fingerprint density at radius 3 is 2.74 bits per heavy atom. The van der Waals surface area contributed by atoms with Crippen molar-refractivity contribution in [3.8, 4) is 0 Å². The first-order chi connectivity index (χ1) is 11.1. The second-order valence-electron chi connectivity index (χ2n) is 5.63. The molecule has 0 bridgehead atoms. The van der Waals surface area contributed by atoms with E-state index >= 15 is 0 Å². The third-order valence-electron chi connectivity index (χ3n) is 3.88. The van der Waals surface area contributed by atoms with Crippen LogP contribution in [0.1, 0.15) is 34.7 Å². The number of amides is 1. The van der Waals surface area contributed by atoms with Crippen molar-refractivity contribution in [3.05, 3.63) is 53.2 Å². The van der Waals surface area contributed by atoms with Crippen molar-refractivity contribution >= 4 is 11.7 Å². The molecule has 1 saturated heterocycles. The minimum Gasteiger partial charge on any atom is -0.356 e. The van der Waals surface area contributed by atoms with Crippen molar-refractivity contribution in [1.29, 1.82) is 0 Å². The molecular weight excluding hydrogens is 295 g/mol. The maximum atomic E-state index is 13.6.